The maximum atomic E-state index is 12.7. The number of ether oxygens (including phenoxy) is 4. The number of epoxide rings is 1. The van der Waals surface area contributed by atoms with Gasteiger partial charge in [0.05, 0.1) is 12.2 Å². The van der Waals surface area contributed by atoms with E-state index in [1.54, 1.807) is 0 Å². The standard InChI is InChI=1S/C47H88O7/c1-4-7-10-13-16-18-19-21-23-28-34-39-47(50)53-42(40-51-45(48)37-32-27-22-20-17-14-11-8-5-2)41-52-46(49)38-33-29-24-26-31-36-44-43(54-44)35-30-25-15-12-9-6-3/h42-44H,4-41H2,1-3H3. The largest absolute Gasteiger partial charge is 0.462 e. The molecule has 1 rings (SSSR count). The molecule has 0 aromatic heterocycles. The summed E-state index contributed by atoms with van der Waals surface area (Å²) >= 11 is 0. The maximum Gasteiger partial charge on any atom is 0.306 e. The van der Waals surface area contributed by atoms with Crippen molar-refractivity contribution in [2.24, 2.45) is 0 Å². The summed E-state index contributed by atoms with van der Waals surface area (Å²) in [4.78, 5) is 37.7. The molecule has 54 heavy (non-hydrogen) atoms. The maximum absolute atomic E-state index is 12.7. The third kappa shape index (κ3) is 33.7. The van der Waals surface area contributed by atoms with Gasteiger partial charge in [-0.2, -0.15) is 0 Å². The van der Waals surface area contributed by atoms with Gasteiger partial charge in [0.2, 0.25) is 0 Å². The Morgan fingerprint density at radius 1 is 0.389 bits per heavy atom. The summed E-state index contributed by atoms with van der Waals surface area (Å²) in [6, 6.07) is 0. The van der Waals surface area contributed by atoms with Crippen LogP contribution in [0.2, 0.25) is 0 Å². The number of unbranched alkanes of at least 4 members (excludes halogenated alkanes) is 27. The van der Waals surface area contributed by atoms with Crippen molar-refractivity contribution in [3.8, 4) is 0 Å². The number of carbonyl (C=O) groups excluding carboxylic acids is 3. The fraction of sp³-hybridized carbons (Fsp3) is 0.936. The summed E-state index contributed by atoms with van der Waals surface area (Å²) in [5, 5.41) is 0. The van der Waals surface area contributed by atoms with Crippen LogP contribution in [-0.2, 0) is 33.3 Å². The van der Waals surface area contributed by atoms with Crippen LogP contribution in [0.3, 0.4) is 0 Å². The highest BCUT2D eigenvalue weighted by Crippen LogP contribution is 2.32. The van der Waals surface area contributed by atoms with Crippen LogP contribution in [0.15, 0.2) is 0 Å². The molecule has 1 fully saturated rings. The van der Waals surface area contributed by atoms with Gasteiger partial charge >= 0.3 is 17.9 Å². The Labute approximate surface area is 333 Å². The lowest BCUT2D eigenvalue weighted by molar-refractivity contribution is -0.167. The summed E-state index contributed by atoms with van der Waals surface area (Å²) < 4.78 is 22.6. The molecular formula is C47H88O7. The van der Waals surface area contributed by atoms with Crippen molar-refractivity contribution in [1.29, 1.82) is 0 Å². The van der Waals surface area contributed by atoms with Gasteiger partial charge in [-0.1, -0.05) is 201 Å². The molecule has 1 aliphatic rings. The van der Waals surface area contributed by atoms with Gasteiger partial charge in [0.25, 0.3) is 0 Å². The van der Waals surface area contributed by atoms with Crippen LogP contribution in [0.25, 0.3) is 0 Å². The topological polar surface area (TPSA) is 91.4 Å². The summed E-state index contributed by atoms with van der Waals surface area (Å²) in [5.74, 6) is -0.879. The van der Waals surface area contributed by atoms with E-state index in [1.165, 1.54) is 148 Å². The third-order valence-electron chi connectivity index (χ3n) is 11.0. The van der Waals surface area contributed by atoms with Gasteiger partial charge in [0, 0.05) is 19.3 Å². The Morgan fingerprint density at radius 2 is 0.667 bits per heavy atom. The molecule has 0 aliphatic carbocycles. The lowest BCUT2D eigenvalue weighted by Crippen LogP contribution is -2.30. The first-order chi connectivity index (χ1) is 26.5. The molecule has 1 saturated heterocycles. The van der Waals surface area contributed by atoms with Crippen molar-refractivity contribution < 1.29 is 33.3 Å². The number of hydrogen-bond acceptors (Lipinski definition) is 7. The molecule has 0 radical (unpaired) electrons. The van der Waals surface area contributed by atoms with E-state index in [-0.39, 0.29) is 31.1 Å². The summed E-state index contributed by atoms with van der Waals surface area (Å²) in [6.45, 7) is 6.60. The average Bonchev–Trinajstić information content (AvgIpc) is 3.92. The van der Waals surface area contributed by atoms with Crippen molar-refractivity contribution in [2.45, 2.75) is 270 Å². The first-order valence-corrected chi connectivity index (χ1v) is 23.7. The Balaban J connectivity index is 2.25. The lowest BCUT2D eigenvalue weighted by Gasteiger charge is -2.18. The van der Waals surface area contributed by atoms with Crippen molar-refractivity contribution in [3.05, 3.63) is 0 Å². The Bertz CT molecular complexity index is 861. The summed E-state index contributed by atoms with van der Waals surface area (Å²) in [5.41, 5.74) is 0. The Kier molecular flexibility index (Phi) is 35.7. The van der Waals surface area contributed by atoms with Crippen LogP contribution >= 0.6 is 0 Å². The van der Waals surface area contributed by atoms with Crippen LogP contribution < -0.4 is 0 Å². The normalized spacial score (nSPS) is 15.6. The first-order valence-electron chi connectivity index (χ1n) is 23.7. The van der Waals surface area contributed by atoms with E-state index in [4.69, 9.17) is 18.9 Å². The fourth-order valence-corrected chi connectivity index (χ4v) is 7.35. The highest BCUT2D eigenvalue weighted by Gasteiger charge is 2.36. The number of hydrogen-bond donors (Lipinski definition) is 0. The second-order valence-corrected chi connectivity index (χ2v) is 16.4. The van der Waals surface area contributed by atoms with E-state index in [2.05, 4.69) is 20.8 Å². The van der Waals surface area contributed by atoms with Crippen LogP contribution in [0, 0.1) is 0 Å². The predicted octanol–water partition coefficient (Wildman–Crippen LogP) is 13.9. The van der Waals surface area contributed by atoms with Crippen molar-refractivity contribution in [2.75, 3.05) is 13.2 Å². The monoisotopic (exact) mass is 765 g/mol. The Morgan fingerprint density at radius 3 is 1.00 bits per heavy atom. The van der Waals surface area contributed by atoms with E-state index in [9.17, 15) is 14.4 Å². The molecule has 318 valence electrons. The fourth-order valence-electron chi connectivity index (χ4n) is 7.35. The van der Waals surface area contributed by atoms with E-state index in [1.807, 2.05) is 0 Å². The minimum Gasteiger partial charge on any atom is -0.462 e. The number of carbonyl (C=O) groups is 3. The van der Waals surface area contributed by atoms with Crippen molar-refractivity contribution in [3.63, 3.8) is 0 Å². The molecule has 0 bridgehead atoms. The molecule has 7 nitrogen and oxygen atoms in total. The highest BCUT2D eigenvalue weighted by atomic mass is 16.6. The van der Waals surface area contributed by atoms with Crippen molar-refractivity contribution in [1.82, 2.24) is 0 Å². The third-order valence-corrected chi connectivity index (χ3v) is 11.0. The molecule has 1 aliphatic heterocycles. The average molecular weight is 765 g/mol. The summed E-state index contributed by atoms with van der Waals surface area (Å²) in [6.07, 6.45) is 41.0. The Hall–Kier alpha value is -1.63. The molecule has 1 heterocycles. The van der Waals surface area contributed by atoms with Crippen LogP contribution in [0.1, 0.15) is 252 Å². The van der Waals surface area contributed by atoms with Crippen LogP contribution in [-0.4, -0.2) is 49.4 Å². The molecule has 3 atom stereocenters. The minimum atomic E-state index is -0.768. The molecule has 0 saturated carbocycles. The lowest BCUT2D eigenvalue weighted by atomic mass is 10.0. The second-order valence-electron chi connectivity index (χ2n) is 16.4. The van der Waals surface area contributed by atoms with E-state index < -0.39 is 6.10 Å². The van der Waals surface area contributed by atoms with Crippen molar-refractivity contribution >= 4 is 17.9 Å². The van der Waals surface area contributed by atoms with Gasteiger partial charge in [-0.3, -0.25) is 14.4 Å². The van der Waals surface area contributed by atoms with E-state index >= 15 is 0 Å². The zero-order valence-electron chi connectivity index (χ0n) is 36.0. The number of esters is 3. The summed E-state index contributed by atoms with van der Waals surface area (Å²) in [7, 11) is 0. The molecule has 7 heteroatoms. The van der Waals surface area contributed by atoms with Gasteiger partial charge in [-0.05, 0) is 32.1 Å². The van der Waals surface area contributed by atoms with Gasteiger partial charge in [0.1, 0.15) is 13.2 Å². The molecule has 0 spiro atoms. The zero-order valence-corrected chi connectivity index (χ0v) is 36.0. The van der Waals surface area contributed by atoms with Gasteiger partial charge in [-0.25, -0.2) is 0 Å². The quantitative estimate of drug-likeness (QED) is 0.0264. The molecular weight excluding hydrogens is 677 g/mol. The smallest absolute Gasteiger partial charge is 0.306 e. The van der Waals surface area contributed by atoms with Gasteiger partial charge < -0.3 is 18.9 Å². The highest BCUT2D eigenvalue weighted by molar-refractivity contribution is 5.71. The molecule has 0 aromatic rings. The molecule has 0 aromatic carbocycles. The number of rotatable bonds is 42. The van der Waals surface area contributed by atoms with E-state index in [0.717, 1.165) is 64.2 Å². The molecule has 0 N–H and O–H groups in total. The minimum absolute atomic E-state index is 0.0714. The second kappa shape index (κ2) is 38.3. The SMILES string of the molecule is CCCCCCCCCCCCCC(=O)OC(COC(=O)CCCCCCCCCCC)COC(=O)CCCCCCCC1OC1CCCCCCCC. The van der Waals surface area contributed by atoms with E-state index in [0.29, 0.717) is 31.5 Å². The molecule has 0 amide bonds. The van der Waals surface area contributed by atoms with Gasteiger partial charge in [0.15, 0.2) is 6.10 Å². The van der Waals surface area contributed by atoms with Gasteiger partial charge in [-0.15, -0.1) is 0 Å². The predicted molar refractivity (Wildman–Crippen MR) is 224 cm³/mol. The zero-order chi connectivity index (χ0) is 39.2. The van der Waals surface area contributed by atoms with Crippen LogP contribution in [0.4, 0.5) is 0 Å². The molecule has 3 unspecified atom stereocenters. The first kappa shape index (κ1) is 50.4. The van der Waals surface area contributed by atoms with Crippen LogP contribution in [0.5, 0.6) is 0 Å².